The third-order valence-corrected chi connectivity index (χ3v) is 2.94. The van der Waals surface area contributed by atoms with Crippen LogP contribution in [0.4, 0.5) is 0 Å². The highest BCUT2D eigenvalue weighted by molar-refractivity contribution is 5.67. The summed E-state index contributed by atoms with van der Waals surface area (Å²) in [6, 6.07) is 6.97. The Kier molecular flexibility index (Phi) is 3.29. The van der Waals surface area contributed by atoms with Crippen LogP contribution in [0, 0.1) is 6.92 Å². The standard InChI is InChI=1S/C14H16N2O3/c1-8(2)16-13(18)11(12(17)15-14(16)19)10-6-4-5-9(3)7-10/h4-8,18H,1-3H3,(H,15,17,19). The number of H-pyrrole nitrogens is 1. The van der Waals surface area contributed by atoms with Crippen molar-refractivity contribution in [2.24, 2.45) is 0 Å². The monoisotopic (exact) mass is 260 g/mol. The zero-order chi connectivity index (χ0) is 14.2. The Morgan fingerprint density at radius 3 is 2.53 bits per heavy atom. The maximum absolute atomic E-state index is 11.9. The van der Waals surface area contributed by atoms with Crippen molar-refractivity contribution in [3.05, 3.63) is 50.7 Å². The molecule has 0 amide bonds. The second-order valence-corrected chi connectivity index (χ2v) is 4.79. The quantitative estimate of drug-likeness (QED) is 0.864. The number of benzene rings is 1. The number of aromatic hydroxyl groups is 1. The van der Waals surface area contributed by atoms with E-state index < -0.39 is 11.2 Å². The minimum atomic E-state index is -0.603. The van der Waals surface area contributed by atoms with Gasteiger partial charge in [0.05, 0.1) is 0 Å². The predicted octanol–water partition coefficient (Wildman–Crippen LogP) is 1.80. The molecule has 1 heterocycles. The van der Waals surface area contributed by atoms with Crippen molar-refractivity contribution < 1.29 is 5.11 Å². The lowest BCUT2D eigenvalue weighted by molar-refractivity contribution is 0.384. The highest BCUT2D eigenvalue weighted by Gasteiger charge is 2.17. The summed E-state index contributed by atoms with van der Waals surface area (Å²) in [4.78, 5) is 25.9. The van der Waals surface area contributed by atoms with E-state index in [1.165, 1.54) is 4.57 Å². The maximum Gasteiger partial charge on any atom is 0.331 e. The van der Waals surface area contributed by atoms with E-state index in [0.29, 0.717) is 5.56 Å². The molecule has 2 aromatic rings. The first-order chi connectivity index (χ1) is 8.91. The lowest BCUT2D eigenvalue weighted by Crippen LogP contribution is -2.32. The molecule has 0 bridgehead atoms. The van der Waals surface area contributed by atoms with Crippen molar-refractivity contribution in [2.45, 2.75) is 26.8 Å². The first kappa shape index (κ1) is 13.1. The van der Waals surface area contributed by atoms with Gasteiger partial charge in [0.2, 0.25) is 5.88 Å². The number of aryl methyl sites for hydroxylation is 1. The highest BCUT2D eigenvalue weighted by Crippen LogP contribution is 2.26. The van der Waals surface area contributed by atoms with E-state index in [9.17, 15) is 14.7 Å². The molecular weight excluding hydrogens is 244 g/mol. The average molecular weight is 260 g/mol. The number of aromatic amines is 1. The summed E-state index contributed by atoms with van der Waals surface area (Å²) < 4.78 is 1.17. The predicted molar refractivity (Wildman–Crippen MR) is 73.5 cm³/mol. The third kappa shape index (κ3) is 2.31. The number of hydrogen-bond donors (Lipinski definition) is 2. The number of hydrogen-bond acceptors (Lipinski definition) is 3. The van der Waals surface area contributed by atoms with Crippen molar-refractivity contribution in [1.82, 2.24) is 9.55 Å². The van der Waals surface area contributed by atoms with Crippen molar-refractivity contribution in [3.8, 4) is 17.0 Å². The van der Waals surface area contributed by atoms with Gasteiger partial charge in [-0.15, -0.1) is 0 Å². The molecule has 2 rings (SSSR count). The fourth-order valence-electron chi connectivity index (χ4n) is 2.08. The molecule has 0 radical (unpaired) electrons. The van der Waals surface area contributed by atoms with Crippen molar-refractivity contribution in [2.75, 3.05) is 0 Å². The lowest BCUT2D eigenvalue weighted by Gasteiger charge is -2.14. The Hall–Kier alpha value is -2.30. The highest BCUT2D eigenvalue weighted by atomic mass is 16.3. The van der Waals surface area contributed by atoms with Crippen molar-refractivity contribution in [3.63, 3.8) is 0 Å². The zero-order valence-electron chi connectivity index (χ0n) is 11.1. The minimum absolute atomic E-state index is 0.122. The first-order valence-corrected chi connectivity index (χ1v) is 6.06. The number of rotatable bonds is 2. The van der Waals surface area contributed by atoms with E-state index in [2.05, 4.69) is 4.98 Å². The van der Waals surface area contributed by atoms with Gasteiger partial charge < -0.3 is 5.11 Å². The Balaban J connectivity index is 2.81. The van der Waals surface area contributed by atoms with Gasteiger partial charge in [-0.05, 0) is 26.3 Å². The summed E-state index contributed by atoms with van der Waals surface area (Å²) in [6.45, 7) is 5.42. The molecule has 19 heavy (non-hydrogen) atoms. The van der Waals surface area contributed by atoms with Gasteiger partial charge in [0.15, 0.2) is 0 Å². The summed E-state index contributed by atoms with van der Waals surface area (Å²) in [5.41, 5.74) is 0.502. The van der Waals surface area contributed by atoms with E-state index in [0.717, 1.165) is 5.56 Å². The Labute approximate surface area is 110 Å². The molecule has 1 aromatic carbocycles. The molecule has 0 fully saturated rings. The lowest BCUT2D eigenvalue weighted by atomic mass is 10.1. The van der Waals surface area contributed by atoms with E-state index in [1.807, 2.05) is 13.0 Å². The Bertz CT molecular complexity index is 726. The number of nitrogens with one attached hydrogen (secondary N) is 1. The maximum atomic E-state index is 11.9. The second-order valence-electron chi connectivity index (χ2n) is 4.79. The fraction of sp³-hybridized carbons (Fsp3) is 0.286. The Morgan fingerprint density at radius 2 is 1.95 bits per heavy atom. The van der Waals surface area contributed by atoms with Crippen molar-refractivity contribution in [1.29, 1.82) is 0 Å². The molecule has 100 valence electrons. The second kappa shape index (κ2) is 4.76. The largest absolute Gasteiger partial charge is 0.494 e. The molecule has 0 aliphatic carbocycles. The van der Waals surface area contributed by atoms with Gasteiger partial charge in [-0.3, -0.25) is 14.3 Å². The summed E-state index contributed by atoms with van der Waals surface area (Å²) in [7, 11) is 0. The topological polar surface area (TPSA) is 75.1 Å². The van der Waals surface area contributed by atoms with Gasteiger partial charge in [-0.25, -0.2) is 4.79 Å². The zero-order valence-corrected chi connectivity index (χ0v) is 11.1. The molecule has 0 saturated heterocycles. The molecule has 0 aliphatic rings. The summed E-state index contributed by atoms with van der Waals surface area (Å²) >= 11 is 0. The van der Waals surface area contributed by atoms with Crippen LogP contribution in [0.2, 0.25) is 0 Å². The van der Waals surface area contributed by atoms with Crippen LogP contribution >= 0.6 is 0 Å². The SMILES string of the molecule is Cc1cccc(-c2c(O)n(C(C)C)c(=O)[nH]c2=O)c1. The molecule has 0 aliphatic heterocycles. The molecule has 0 atom stereocenters. The molecule has 1 aromatic heterocycles. The van der Waals surface area contributed by atoms with Crippen LogP contribution in [0.15, 0.2) is 33.9 Å². The van der Waals surface area contributed by atoms with Gasteiger partial charge in [0, 0.05) is 6.04 Å². The molecule has 5 nitrogen and oxygen atoms in total. The normalized spacial score (nSPS) is 10.9. The van der Waals surface area contributed by atoms with Gasteiger partial charge in [0.1, 0.15) is 5.56 Å². The summed E-state index contributed by atoms with van der Waals surface area (Å²) in [6.07, 6.45) is 0. The van der Waals surface area contributed by atoms with Gasteiger partial charge in [-0.2, -0.15) is 0 Å². The van der Waals surface area contributed by atoms with Crippen LogP contribution in [0.3, 0.4) is 0 Å². The number of nitrogens with zero attached hydrogens (tertiary/aromatic N) is 1. The molecule has 2 N–H and O–H groups in total. The Morgan fingerprint density at radius 1 is 1.26 bits per heavy atom. The minimum Gasteiger partial charge on any atom is -0.494 e. The van der Waals surface area contributed by atoms with Crippen molar-refractivity contribution >= 4 is 0 Å². The van der Waals surface area contributed by atoms with Crippen LogP contribution in [-0.4, -0.2) is 14.7 Å². The van der Waals surface area contributed by atoms with Crippen LogP contribution in [0.1, 0.15) is 25.5 Å². The average Bonchev–Trinajstić information content (AvgIpc) is 2.27. The molecular formula is C14H16N2O3. The van der Waals surface area contributed by atoms with Crippen LogP contribution < -0.4 is 11.2 Å². The first-order valence-electron chi connectivity index (χ1n) is 6.06. The smallest absolute Gasteiger partial charge is 0.331 e. The van der Waals surface area contributed by atoms with Crippen LogP contribution in [0.25, 0.3) is 11.1 Å². The van der Waals surface area contributed by atoms with Crippen LogP contribution in [0.5, 0.6) is 5.88 Å². The third-order valence-electron chi connectivity index (χ3n) is 2.94. The van der Waals surface area contributed by atoms with E-state index >= 15 is 0 Å². The van der Waals surface area contributed by atoms with E-state index in [4.69, 9.17) is 0 Å². The molecule has 5 heteroatoms. The van der Waals surface area contributed by atoms with Crippen LogP contribution in [-0.2, 0) is 0 Å². The summed E-state index contributed by atoms with van der Waals surface area (Å²) in [5, 5.41) is 10.2. The van der Waals surface area contributed by atoms with E-state index in [1.54, 1.807) is 32.0 Å². The van der Waals surface area contributed by atoms with Gasteiger partial charge >= 0.3 is 5.69 Å². The van der Waals surface area contributed by atoms with E-state index in [-0.39, 0.29) is 17.5 Å². The van der Waals surface area contributed by atoms with Gasteiger partial charge in [-0.1, -0.05) is 29.8 Å². The fourth-order valence-corrected chi connectivity index (χ4v) is 2.08. The summed E-state index contributed by atoms with van der Waals surface area (Å²) in [5.74, 6) is -0.297. The molecule has 0 unspecified atom stereocenters. The van der Waals surface area contributed by atoms with Gasteiger partial charge in [0.25, 0.3) is 5.56 Å². The number of aromatic nitrogens is 2. The molecule has 0 spiro atoms. The molecule has 0 saturated carbocycles.